The number of benzene rings is 3. The SMILES string of the molecule is CCCCOC(=O)c1ccc(NC(=O)COC(=O)c2ccc3ccccc3c2O)cc1. The number of nitrogens with one attached hydrogen (secondary N) is 1. The normalized spacial score (nSPS) is 10.5. The second-order valence-electron chi connectivity index (χ2n) is 6.87. The number of esters is 2. The van der Waals surface area contributed by atoms with Crippen molar-refractivity contribution in [1.29, 1.82) is 0 Å². The van der Waals surface area contributed by atoms with Crippen LogP contribution in [0.2, 0.25) is 0 Å². The van der Waals surface area contributed by atoms with Gasteiger partial charge in [0.15, 0.2) is 6.61 Å². The van der Waals surface area contributed by atoms with Crippen molar-refractivity contribution < 1.29 is 29.0 Å². The predicted molar refractivity (Wildman–Crippen MR) is 116 cm³/mol. The number of anilines is 1. The Labute approximate surface area is 179 Å². The molecule has 0 spiro atoms. The van der Waals surface area contributed by atoms with Crippen LogP contribution in [-0.4, -0.2) is 36.2 Å². The van der Waals surface area contributed by atoms with Crippen LogP contribution in [0.3, 0.4) is 0 Å². The third kappa shape index (κ3) is 5.60. The lowest BCUT2D eigenvalue weighted by Gasteiger charge is -2.09. The van der Waals surface area contributed by atoms with Crippen molar-refractivity contribution in [2.45, 2.75) is 19.8 Å². The molecule has 3 rings (SSSR count). The first-order valence-corrected chi connectivity index (χ1v) is 9.94. The number of rotatable bonds is 8. The molecule has 0 aliphatic rings. The van der Waals surface area contributed by atoms with Crippen LogP contribution in [0.25, 0.3) is 10.8 Å². The van der Waals surface area contributed by atoms with Gasteiger partial charge in [-0.3, -0.25) is 4.79 Å². The van der Waals surface area contributed by atoms with E-state index in [1.807, 2.05) is 19.1 Å². The molecule has 3 aromatic rings. The van der Waals surface area contributed by atoms with Gasteiger partial charge in [-0.1, -0.05) is 43.7 Å². The van der Waals surface area contributed by atoms with E-state index in [1.165, 1.54) is 6.07 Å². The minimum absolute atomic E-state index is 0.0163. The lowest BCUT2D eigenvalue weighted by Crippen LogP contribution is -2.21. The minimum Gasteiger partial charge on any atom is -0.506 e. The number of carbonyl (C=O) groups is 3. The monoisotopic (exact) mass is 421 g/mol. The van der Waals surface area contributed by atoms with E-state index in [9.17, 15) is 19.5 Å². The van der Waals surface area contributed by atoms with Crippen LogP contribution in [0.1, 0.15) is 40.5 Å². The largest absolute Gasteiger partial charge is 0.506 e. The van der Waals surface area contributed by atoms with E-state index in [4.69, 9.17) is 9.47 Å². The summed E-state index contributed by atoms with van der Waals surface area (Å²) in [5.74, 6) is -1.96. The van der Waals surface area contributed by atoms with Gasteiger partial charge in [0.1, 0.15) is 11.3 Å². The number of ether oxygens (including phenoxy) is 2. The molecule has 0 fully saturated rings. The number of hydrogen-bond donors (Lipinski definition) is 2. The molecule has 160 valence electrons. The highest BCUT2D eigenvalue weighted by atomic mass is 16.5. The number of amides is 1. The first-order chi connectivity index (χ1) is 15.0. The molecule has 1 amide bonds. The van der Waals surface area contributed by atoms with Gasteiger partial charge in [0.2, 0.25) is 0 Å². The van der Waals surface area contributed by atoms with E-state index in [1.54, 1.807) is 42.5 Å². The van der Waals surface area contributed by atoms with Crippen molar-refractivity contribution in [1.82, 2.24) is 0 Å². The molecular weight excluding hydrogens is 398 g/mol. The summed E-state index contributed by atoms with van der Waals surface area (Å²) in [5, 5.41) is 14.2. The Kier molecular flexibility index (Phi) is 7.22. The summed E-state index contributed by atoms with van der Waals surface area (Å²) in [7, 11) is 0. The molecule has 7 nitrogen and oxygen atoms in total. The third-order valence-electron chi connectivity index (χ3n) is 4.59. The van der Waals surface area contributed by atoms with Gasteiger partial charge in [-0.15, -0.1) is 0 Å². The molecule has 2 N–H and O–H groups in total. The van der Waals surface area contributed by atoms with Crippen LogP contribution >= 0.6 is 0 Å². The van der Waals surface area contributed by atoms with Gasteiger partial charge >= 0.3 is 11.9 Å². The van der Waals surface area contributed by atoms with Crippen LogP contribution in [0, 0.1) is 0 Å². The van der Waals surface area contributed by atoms with Crippen molar-refractivity contribution in [3.05, 3.63) is 71.8 Å². The number of aromatic hydroxyl groups is 1. The molecule has 0 unspecified atom stereocenters. The zero-order valence-electron chi connectivity index (χ0n) is 17.1. The Morgan fingerprint density at radius 2 is 1.65 bits per heavy atom. The molecule has 0 aromatic heterocycles. The maximum Gasteiger partial charge on any atom is 0.342 e. The van der Waals surface area contributed by atoms with Crippen molar-refractivity contribution in [2.75, 3.05) is 18.5 Å². The third-order valence-corrected chi connectivity index (χ3v) is 4.59. The second-order valence-corrected chi connectivity index (χ2v) is 6.87. The number of carbonyl (C=O) groups excluding carboxylic acids is 3. The van der Waals surface area contributed by atoms with Gasteiger partial charge in [-0.2, -0.15) is 0 Å². The highest BCUT2D eigenvalue weighted by molar-refractivity contribution is 6.02. The second kappa shape index (κ2) is 10.2. The highest BCUT2D eigenvalue weighted by Crippen LogP contribution is 2.29. The summed E-state index contributed by atoms with van der Waals surface area (Å²) < 4.78 is 10.2. The van der Waals surface area contributed by atoms with Crippen LogP contribution in [0.5, 0.6) is 5.75 Å². The van der Waals surface area contributed by atoms with Gasteiger partial charge in [0, 0.05) is 11.1 Å². The topological polar surface area (TPSA) is 102 Å². The van der Waals surface area contributed by atoms with Crippen molar-refractivity contribution in [3.63, 3.8) is 0 Å². The fourth-order valence-electron chi connectivity index (χ4n) is 2.91. The number of phenolic OH excluding ortho intramolecular Hbond substituents is 1. The number of hydrogen-bond acceptors (Lipinski definition) is 6. The average molecular weight is 421 g/mol. The maximum absolute atomic E-state index is 12.3. The van der Waals surface area contributed by atoms with Gasteiger partial charge in [0.25, 0.3) is 5.91 Å². The summed E-state index contributed by atoms with van der Waals surface area (Å²) in [6.45, 7) is 1.85. The molecular formula is C24H23NO6. The predicted octanol–water partition coefficient (Wildman–Crippen LogP) is 4.30. The van der Waals surface area contributed by atoms with Crippen LogP contribution in [0.15, 0.2) is 60.7 Å². The van der Waals surface area contributed by atoms with E-state index in [0.29, 0.717) is 23.2 Å². The minimum atomic E-state index is -0.802. The number of phenols is 1. The van der Waals surface area contributed by atoms with E-state index >= 15 is 0 Å². The standard InChI is InChI=1S/C24H23NO6/c1-2-3-14-30-23(28)17-8-11-18(12-9-17)25-21(26)15-31-24(29)20-13-10-16-6-4-5-7-19(16)22(20)27/h4-13,27H,2-3,14-15H2,1H3,(H,25,26). The Balaban J connectivity index is 1.54. The van der Waals surface area contributed by atoms with Crippen molar-refractivity contribution in [2.24, 2.45) is 0 Å². The zero-order chi connectivity index (χ0) is 22.2. The van der Waals surface area contributed by atoms with Crippen LogP contribution < -0.4 is 5.32 Å². The highest BCUT2D eigenvalue weighted by Gasteiger charge is 2.16. The first-order valence-electron chi connectivity index (χ1n) is 9.94. The van der Waals surface area contributed by atoms with E-state index in [0.717, 1.165) is 18.2 Å². The molecule has 0 bridgehead atoms. The van der Waals surface area contributed by atoms with Gasteiger partial charge < -0.3 is 19.9 Å². The van der Waals surface area contributed by atoms with Gasteiger partial charge in [-0.05, 0) is 42.1 Å². The summed E-state index contributed by atoms with van der Waals surface area (Å²) in [4.78, 5) is 36.3. The fourth-order valence-corrected chi connectivity index (χ4v) is 2.91. The molecule has 0 aliphatic heterocycles. The Hall–Kier alpha value is -3.87. The first kappa shape index (κ1) is 21.8. The Bertz CT molecular complexity index is 1090. The lowest BCUT2D eigenvalue weighted by atomic mass is 10.1. The van der Waals surface area contributed by atoms with Crippen LogP contribution in [-0.2, 0) is 14.3 Å². The lowest BCUT2D eigenvalue weighted by molar-refractivity contribution is -0.119. The van der Waals surface area contributed by atoms with E-state index in [-0.39, 0.29) is 11.3 Å². The summed E-state index contributed by atoms with van der Waals surface area (Å²) >= 11 is 0. The molecule has 0 atom stereocenters. The average Bonchev–Trinajstić information content (AvgIpc) is 2.78. The number of unbranched alkanes of at least 4 members (excludes halogenated alkanes) is 1. The summed E-state index contributed by atoms with van der Waals surface area (Å²) in [6.07, 6.45) is 1.74. The van der Waals surface area contributed by atoms with E-state index in [2.05, 4.69) is 5.32 Å². The van der Waals surface area contributed by atoms with Gasteiger partial charge in [0.05, 0.1) is 12.2 Å². The summed E-state index contributed by atoms with van der Waals surface area (Å²) in [5.41, 5.74) is 0.810. The zero-order valence-corrected chi connectivity index (χ0v) is 17.1. The molecule has 7 heteroatoms. The quantitative estimate of drug-likeness (QED) is 0.415. The van der Waals surface area contributed by atoms with Gasteiger partial charge in [-0.25, -0.2) is 9.59 Å². The molecule has 31 heavy (non-hydrogen) atoms. The summed E-state index contributed by atoms with van der Waals surface area (Å²) in [6, 6.07) is 16.4. The molecule has 0 aliphatic carbocycles. The van der Waals surface area contributed by atoms with E-state index < -0.39 is 24.5 Å². The maximum atomic E-state index is 12.3. The Morgan fingerprint density at radius 1 is 0.903 bits per heavy atom. The Morgan fingerprint density at radius 3 is 2.39 bits per heavy atom. The molecule has 3 aromatic carbocycles. The molecule has 0 radical (unpaired) electrons. The molecule has 0 heterocycles. The van der Waals surface area contributed by atoms with Crippen molar-refractivity contribution in [3.8, 4) is 5.75 Å². The number of fused-ring (bicyclic) bond motifs is 1. The smallest absolute Gasteiger partial charge is 0.342 e. The van der Waals surface area contributed by atoms with Crippen molar-refractivity contribution >= 4 is 34.3 Å². The molecule has 0 saturated carbocycles. The molecule has 0 saturated heterocycles. The van der Waals surface area contributed by atoms with Crippen LogP contribution in [0.4, 0.5) is 5.69 Å². The fraction of sp³-hybridized carbons (Fsp3) is 0.208.